The van der Waals surface area contributed by atoms with Crippen molar-refractivity contribution in [3.8, 4) is 22.6 Å². The Morgan fingerprint density at radius 1 is 0.625 bits per heavy atom. The summed E-state index contributed by atoms with van der Waals surface area (Å²) >= 11 is 0. The molecule has 9 heteroatoms. The van der Waals surface area contributed by atoms with Gasteiger partial charge in [-0.25, -0.2) is 17.6 Å². The van der Waals surface area contributed by atoms with Crippen LogP contribution >= 0.6 is 0 Å². The topological polar surface area (TPSA) is 49.7 Å². The van der Waals surface area contributed by atoms with Crippen LogP contribution in [0, 0.1) is 40.8 Å². The number of hydrogen-bond donors (Lipinski definition) is 2. The van der Waals surface area contributed by atoms with Gasteiger partial charge in [-0.15, -0.1) is 0 Å². The third kappa shape index (κ3) is 5.44. The molecule has 3 aromatic carbocycles. The Morgan fingerprint density at radius 2 is 1.18 bits per heavy atom. The summed E-state index contributed by atoms with van der Waals surface area (Å²) in [6.45, 7) is 0.513. The van der Waals surface area contributed by atoms with E-state index in [0.29, 0.717) is 44.3 Å². The van der Waals surface area contributed by atoms with Gasteiger partial charge in [0.25, 0.3) is 0 Å². The normalized spacial score (nSPS) is 21.4. The van der Waals surface area contributed by atoms with Crippen LogP contribution in [-0.4, -0.2) is 22.9 Å². The smallest absolute Gasteiger partial charge is 0.200 e. The van der Waals surface area contributed by atoms with Gasteiger partial charge < -0.3 is 14.9 Å². The Kier molecular flexibility index (Phi) is 8.12. The van der Waals surface area contributed by atoms with Gasteiger partial charge in [0, 0.05) is 23.3 Å². The molecule has 0 radical (unpaired) electrons. The van der Waals surface area contributed by atoms with Crippen LogP contribution in [0.15, 0.2) is 42.5 Å². The monoisotopic (exact) mass is 562 g/mol. The van der Waals surface area contributed by atoms with Crippen molar-refractivity contribution in [3.63, 3.8) is 0 Å². The molecule has 2 N–H and O–H groups in total. The molecule has 5 rings (SSSR count). The summed E-state index contributed by atoms with van der Waals surface area (Å²) < 4.78 is 91.9. The summed E-state index contributed by atoms with van der Waals surface area (Å²) in [4.78, 5) is 0. The maximum atomic E-state index is 15.0. The van der Waals surface area contributed by atoms with E-state index in [0.717, 1.165) is 25.0 Å². The molecule has 2 aliphatic rings. The first kappa shape index (κ1) is 28.1. The molecule has 0 saturated heterocycles. The number of phenolic OH excluding ortho intramolecular Hbond substituents is 2. The predicted octanol–water partition coefficient (Wildman–Crippen LogP) is 8.53. The summed E-state index contributed by atoms with van der Waals surface area (Å²) in [6, 6.07) is 7.02. The van der Waals surface area contributed by atoms with Crippen molar-refractivity contribution in [3.05, 3.63) is 88.5 Å². The Balaban J connectivity index is 1.17. The van der Waals surface area contributed by atoms with Crippen LogP contribution in [0.1, 0.15) is 62.0 Å². The predicted molar refractivity (Wildman–Crippen MR) is 138 cm³/mol. The van der Waals surface area contributed by atoms with Crippen molar-refractivity contribution < 1.29 is 41.3 Å². The van der Waals surface area contributed by atoms with E-state index in [1.54, 1.807) is 6.08 Å². The molecule has 0 aromatic heterocycles. The van der Waals surface area contributed by atoms with Crippen LogP contribution in [0.5, 0.6) is 11.5 Å². The fraction of sp³-hybridized carbons (Fsp3) is 0.355. The van der Waals surface area contributed by atoms with Crippen molar-refractivity contribution in [2.75, 3.05) is 6.61 Å². The van der Waals surface area contributed by atoms with Crippen LogP contribution in [0.2, 0.25) is 0 Å². The highest BCUT2D eigenvalue weighted by atomic mass is 19.2. The van der Waals surface area contributed by atoms with Crippen LogP contribution in [-0.2, 0) is 4.74 Å². The molecule has 1 unspecified atom stereocenters. The van der Waals surface area contributed by atoms with E-state index in [4.69, 9.17) is 4.74 Å². The number of halogens is 6. The molecule has 40 heavy (non-hydrogen) atoms. The zero-order valence-corrected chi connectivity index (χ0v) is 21.5. The molecule has 1 fully saturated rings. The molecular weight excluding hydrogens is 534 g/mol. The molecule has 2 aliphatic carbocycles. The van der Waals surface area contributed by atoms with Gasteiger partial charge in [0.1, 0.15) is 0 Å². The second-order valence-electron chi connectivity index (χ2n) is 10.5. The Morgan fingerprint density at radius 3 is 1.82 bits per heavy atom. The number of aromatic hydroxyl groups is 2. The zero-order valence-electron chi connectivity index (χ0n) is 21.5. The van der Waals surface area contributed by atoms with Gasteiger partial charge in [0.2, 0.25) is 11.6 Å². The minimum absolute atomic E-state index is 0.0515. The SMILES string of the molecule is Oc1ccc(-c2ccc(C3=CCC(OCC4CCC(c5ccc(O)c(F)c5F)CC4)CC3)c(F)c2F)c(F)c1F. The van der Waals surface area contributed by atoms with E-state index in [1.807, 2.05) is 0 Å². The minimum Gasteiger partial charge on any atom is -0.505 e. The number of phenols is 2. The second-order valence-corrected chi connectivity index (χ2v) is 10.5. The molecule has 3 nitrogen and oxygen atoms in total. The van der Waals surface area contributed by atoms with Crippen molar-refractivity contribution in [2.24, 2.45) is 5.92 Å². The molecule has 0 bridgehead atoms. The van der Waals surface area contributed by atoms with Crippen molar-refractivity contribution >= 4 is 5.57 Å². The van der Waals surface area contributed by atoms with Gasteiger partial charge in [0.05, 0.1) is 6.10 Å². The maximum absolute atomic E-state index is 15.0. The third-order valence-corrected chi connectivity index (χ3v) is 8.09. The second kappa shape index (κ2) is 11.6. The number of allylic oxidation sites excluding steroid dienone is 1. The van der Waals surface area contributed by atoms with Gasteiger partial charge in [-0.1, -0.05) is 24.3 Å². The van der Waals surface area contributed by atoms with E-state index in [2.05, 4.69) is 0 Å². The third-order valence-electron chi connectivity index (χ3n) is 8.09. The standard InChI is InChI=1S/C31H28F6O3/c32-26-20(9-10-22(28(26)34)23-12-14-25(39)31(37)29(23)35)18-5-7-19(8-6-18)40-15-16-1-3-17(4-2-16)21-11-13-24(38)30(36)27(21)33/h5,9-14,16-17,19,38-39H,1-4,6-8,15H2. The van der Waals surface area contributed by atoms with Gasteiger partial charge in [-0.05, 0) is 86.1 Å². The first-order chi connectivity index (χ1) is 19.2. The summed E-state index contributed by atoms with van der Waals surface area (Å²) in [6.07, 6.45) is 6.21. The molecule has 0 aliphatic heterocycles. The van der Waals surface area contributed by atoms with Crippen molar-refractivity contribution in [2.45, 2.75) is 57.0 Å². The summed E-state index contributed by atoms with van der Waals surface area (Å²) in [5.74, 6) is -9.10. The van der Waals surface area contributed by atoms with Gasteiger partial charge >= 0.3 is 0 Å². The van der Waals surface area contributed by atoms with Gasteiger partial charge in [-0.3, -0.25) is 0 Å². The number of hydrogen-bond acceptors (Lipinski definition) is 3. The molecular formula is C31H28F6O3. The molecule has 212 valence electrons. The van der Waals surface area contributed by atoms with Crippen LogP contribution in [0.25, 0.3) is 16.7 Å². The Bertz CT molecular complexity index is 1450. The number of ether oxygens (including phenoxy) is 1. The Hall–Kier alpha value is -3.46. The lowest BCUT2D eigenvalue weighted by Crippen LogP contribution is -2.23. The molecule has 0 heterocycles. The van der Waals surface area contributed by atoms with Crippen molar-refractivity contribution in [1.82, 2.24) is 0 Å². The lowest BCUT2D eigenvalue weighted by Gasteiger charge is -2.31. The van der Waals surface area contributed by atoms with E-state index in [1.165, 1.54) is 24.3 Å². The lowest BCUT2D eigenvalue weighted by molar-refractivity contribution is 0.0157. The van der Waals surface area contributed by atoms with Crippen LogP contribution < -0.4 is 0 Å². The first-order valence-corrected chi connectivity index (χ1v) is 13.3. The average Bonchev–Trinajstić information content (AvgIpc) is 2.96. The molecule has 1 atom stereocenters. The van der Waals surface area contributed by atoms with Gasteiger partial charge in [0.15, 0.2) is 34.8 Å². The number of benzene rings is 3. The van der Waals surface area contributed by atoms with E-state index in [-0.39, 0.29) is 29.1 Å². The quantitative estimate of drug-likeness (QED) is 0.296. The van der Waals surface area contributed by atoms with Crippen LogP contribution in [0.4, 0.5) is 26.3 Å². The first-order valence-electron chi connectivity index (χ1n) is 13.3. The largest absolute Gasteiger partial charge is 0.505 e. The number of rotatable bonds is 6. The molecule has 0 amide bonds. The fourth-order valence-corrected chi connectivity index (χ4v) is 5.74. The summed E-state index contributed by atoms with van der Waals surface area (Å²) in [5, 5.41) is 18.6. The lowest BCUT2D eigenvalue weighted by atomic mass is 9.78. The average molecular weight is 563 g/mol. The van der Waals surface area contributed by atoms with E-state index in [9.17, 15) is 36.6 Å². The fourth-order valence-electron chi connectivity index (χ4n) is 5.74. The minimum atomic E-state index is -1.53. The van der Waals surface area contributed by atoms with E-state index >= 15 is 0 Å². The van der Waals surface area contributed by atoms with Gasteiger partial charge in [-0.2, -0.15) is 8.78 Å². The summed E-state index contributed by atoms with van der Waals surface area (Å²) in [7, 11) is 0. The maximum Gasteiger partial charge on any atom is 0.200 e. The molecule has 0 spiro atoms. The zero-order chi connectivity index (χ0) is 28.6. The van der Waals surface area contributed by atoms with E-state index < -0.39 is 57.5 Å². The summed E-state index contributed by atoms with van der Waals surface area (Å²) in [5.41, 5.74) is 0.0121. The highest BCUT2D eigenvalue weighted by Gasteiger charge is 2.28. The Labute approximate surface area is 227 Å². The highest BCUT2D eigenvalue weighted by Crippen LogP contribution is 2.40. The highest BCUT2D eigenvalue weighted by molar-refractivity contribution is 5.72. The van der Waals surface area contributed by atoms with Crippen LogP contribution in [0.3, 0.4) is 0 Å². The molecule has 3 aromatic rings. The van der Waals surface area contributed by atoms with Crippen molar-refractivity contribution in [1.29, 1.82) is 0 Å². The molecule has 1 saturated carbocycles.